The summed E-state index contributed by atoms with van der Waals surface area (Å²) in [6.07, 6.45) is 3.17. The monoisotopic (exact) mass is 140 g/mol. The quantitative estimate of drug-likeness (QED) is 0.502. The van der Waals surface area contributed by atoms with E-state index in [9.17, 15) is 4.79 Å². The van der Waals surface area contributed by atoms with Gasteiger partial charge in [-0.05, 0) is 12.8 Å². The standard InChI is InChI=1S/C7H12N2O/c8-6-1-7(2-6)3-9(4-7)5-10/h5-6H,1-4,8H2. The largest absolute Gasteiger partial charge is 0.344 e. The third kappa shape index (κ3) is 0.669. The molecule has 2 N–H and O–H groups in total. The number of carbonyl (C=O) groups excluding carboxylic acids is 1. The summed E-state index contributed by atoms with van der Waals surface area (Å²) in [5, 5.41) is 0. The highest BCUT2D eigenvalue weighted by Crippen LogP contribution is 2.46. The topological polar surface area (TPSA) is 46.3 Å². The Balaban J connectivity index is 1.85. The molecule has 0 aromatic carbocycles. The van der Waals surface area contributed by atoms with Gasteiger partial charge in [-0.2, -0.15) is 0 Å². The molecule has 2 aliphatic rings. The number of nitrogens with zero attached hydrogens (tertiary/aromatic N) is 1. The predicted molar refractivity (Wildman–Crippen MR) is 37.3 cm³/mol. The van der Waals surface area contributed by atoms with Crippen LogP contribution in [0.25, 0.3) is 0 Å². The Bertz CT molecular complexity index is 155. The lowest BCUT2D eigenvalue weighted by atomic mass is 9.61. The van der Waals surface area contributed by atoms with Crippen molar-refractivity contribution >= 4 is 6.41 Å². The molecule has 1 amide bonds. The normalized spacial score (nSPS) is 29.5. The Kier molecular flexibility index (Phi) is 1.06. The van der Waals surface area contributed by atoms with E-state index in [1.807, 2.05) is 4.90 Å². The maximum Gasteiger partial charge on any atom is 0.209 e. The van der Waals surface area contributed by atoms with E-state index in [1.54, 1.807) is 0 Å². The third-order valence-corrected chi connectivity index (χ3v) is 2.62. The molecule has 0 radical (unpaired) electrons. The smallest absolute Gasteiger partial charge is 0.209 e. The lowest BCUT2D eigenvalue weighted by molar-refractivity contribution is -0.137. The van der Waals surface area contributed by atoms with Crippen LogP contribution in [0.1, 0.15) is 12.8 Å². The number of hydrogen-bond donors (Lipinski definition) is 1. The molecule has 0 unspecified atom stereocenters. The summed E-state index contributed by atoms with van der Waals surface area (Å²) < 4.78 is 0. The van der Waals surface area contributed by atoms with Gasteiger partial charge < -0.3 is 10.6 Å². The van der Waals surface area contributed by atoms with Crippen molar-refractivity contribution in [2.75, 3.05) is 13.1 Å². The van der Waals surface area contributed by atoms with Crippen LogP contribution >= 0.6 is 0 Å². The number of nitrogens with two attached hydrogens (primary N) is 1. The summed E-state index contributed by atoms with van der Waals surface area (Å²) in [6.45, 7) is 1.90. The van der Waals surface area contributed by atoms with E-state index in [0.29, 0.717) is 11.5 Å². The van der Waals surface area contributed by atoms with Gasteiger partial charge in [-0.1, -0.05) is 0 Å². The van der Waals surface area contributed by atoms with E-state index in [0.717, 1.165) is 32.3 Å². The Morgan fingerprint density at radius 2 is 2.10 bits per heavy atom. The van der Waals surface area contributed by atoms with Gasteiger partial charge >= 0.3 is 0 Å². The molecule has 2 rings (SSSR count). The van der Waals surface area contributed by atoms with E-state index >= 15 is 0 Å². The van der Waals surface area contributed by atoms with Gasteiger partial charge in [0.1, 0.15) is 0 Å². The summed E-state index contributed by atoms with van der Waals surface area (Å²) in [4.78, 5) is 12.0. The number of rotatable bonds is 1. The van der Waals surface area contributed by atoms with Crippen molar-refractivity contribution in [2.45, 2.75) is 18.9 Å². The first-order valence-corrected chi connectivity index (χ1v) is 3.69. The van der Waals surface area contributed by atoms with Gasteiger partial charge in [-0.15, -0.1) is 0 Å². The first-order chi connectivity index (χ1) is 4.74. The van der Waals surface area contributed by atoms with Crippen molar-refractivity contribution in [1.29, 1.82) is 0 Å². The first kappa shape index (κ1) is 6.16. The van der Waals surface area contributed by atoms with Crippen LogP contribution < -0.4 is 5.73 Å². The molecule has 3 heteroatoms. The maximum absolute atomic E-state index is 10.2. The lowest BCUT2D eigenvalue weighted by Gasteiger charge is -2.57. The molecule has 0 bridgehead atoms. The van der Waals surface area contributed by atoms with Gasteiger partial charge in [0.2, 0.25) is 6.41 Å². The second-order valence-electron chi connectivity index (χ2n) is 3.68. The number of likely N-dealkylation sites (tertiary alicyclic amines) is 1. The van der Waals surface area contributed by atoms with Gasteiger partial charge in [0.25, 0.3) is 0 Å². The summed E-state index contributed by atoms with van der Waals surface area (Å²) in [6, 6.07) is 0.411. The van der Waals surface area contributed by atoms with Crippen LogP contribution in [0.5, 0.6) is 0 Å². The molecule has 1 saturated carbocycles. The van der Waals surface area contributed by atoms with Crippen molar-refractivity contribution in [1.82, 2.24) is 4.90 Å². The molecule has 10 heavy (non-hydrogen) atoms. The maximum atomic E-state index is 10.2. The molecule has 0 atom stereocenters. The highest BCUT2D eigenvalue weighted by Gasteiger charge is 2.50. The van der Waals surface area contributed by atoms with Crippen molar-refractivity contribution in [3.8, 4) is 0 Å². The van der Waals surface area contributed by atoms with E-state index < -0.39 is 0 Å². The summed E-state index contributed by atoms with van der Waals surface area (Å²) >= 11 is 0. The zero-order chi connectivity index (χ0) is 7.19. The second-order valence-corrected chi connectivity index (χ2v) is 3.68. The van der Waals surface area contributed by atoms with E-state index in [1.165, 1.54) is 0 Å². The van der Waals surface area contributed by atoms with Gasteiger partial charge in [-0.3, -0.25) is 4.79 Å². The van der Waals surface area contributed by atoms with E-state index in [2.05, 4.69) is 0 Å². The summed E-state index contributed by atoms with van der Waals surface area (Å²) in [5.74, 6) is 0. The molecule has 1 aliphatic heterocycles. The van der Waals surface area contributed by atoms with Crippen LogP contribution in [-0.2, 0) is 4.79 Å². The van der Waals surface area contributed by atoms with Crippen LogP contribution in [-0.4, -0.2) is 30.4 Å². The Morgan fingerprint density at radius 1 is 1.50 bits per heavy atom. The lowest BCUT2D eigenvalue weighted by Crippen LogP contribution is -2.64. The van der Waals surface area contributed by atoms with Gasteiger partial charge in [0.15, 0.2) is 0 Å². The molecule has 1 heterocycles. The second kappa shape index (κ2) is 1.72. The zero-order valence-corrected chi connectivity index (χ0v) is 5.92. The first-order valence-electron chi connectivity index (χ1n) is 3.69. The van der Waals surface area contributed by atoms with E-state index in [4.69, 9.17) is 5.73 Å². The predicted octanol–water partition coefficient (Wildman–Crippen LogP) is -0.434. The fraction of sp³-hybridized carbons (Fsp3) is 0.857. The minimum Gasteiger partial charge on any atom is -0.344 e. The molecule has 0 aromatic rings. The fourth-order valence-corrected chi connectivity index (χ4v) is 2.20. The Hall–Kier alpha value is -0.570. The van der Waals surface area contributed by atoms with Gasteiger partial charge in [0, 0.05) is 24.5 Å². The SMILES string of the molecule is NC1CC2(C1)CN(C=O)C2. The fourth-order valence-electron chi connectivity index (χ4n) is 2.20. The number of amides is 1. The Labute approximate surface area is 60.2 Å². The minimum atomic E-state index is 0.411. The van der Waals surface area contributed by atoms with Crippen molar-refractivity contribution < 1.29 is 4.79 Å². The Morgan fingerprint density at radius 3 is 2.50 bits per heavy atom. The van der Waals surface area contributed by atoms with Crippen molar-refractivity contribution in [3.05, 3.63) is 0 Å². The van der Waals surface area contributed by atoms with Crippen LogP contribution in [0.15, 0.2) is 0 Å². The van der Waals surface area contributed by atoms with Crippen LogP contribution in [0, 0.1) is 5.41 Å². The third-order valence-electron chi connectivity index (χ3n) is 2.62. The molecular weight excluding hydrogens is 128 g/mol. The molecule has 0 aromatic heterocycles. The molecule has 1 saturated heterocycles. The van der Waals surface area contributed by atoms with E-state index in [-0.39, 0.29) is 0 Å². The molecule has 1 aliphatic carbocycles. The molecule has 56 valence electrons. The minimum absolute atomic E-state index is 0.411. The van der Waals surface area contributed by atoms with Crippen LogP contribution in [0.2, 0.25) is 0 Å². The molecule has 3 nitrogen and oxygen atoms in total. The number of carbonyl (C=O) groups is 1. The number of hydrogen-bond acceptors (Lipinski definition) is 2. The summed E-state index contributed by atoms with van der Waals surface area (Å²) in [7, 11) is 0. The van der Waals surface area contributed by atoms with Gasteiger partial charge in [-0.25, -0.2) is 0 Å². The highest BCUT2D eigenvalue weighted by molar-refractivity contribution is 5.49. The molecule has 2 fully saturated rings. The van der Waals surface area contributed by atoms with Crippen LogP contribution in [0.3, 0.4) is 0 Å². The average molecular weight is 140 g/mol. The average Bonchev–Trinajstić information content (AvgIpc) is 1.74. The highest BCUT2D eigenvalue weighted by atomic mass is 16.1. The van der Waals surface area contributed by atoms with Crippen molar-refractivity contribution in [2.24, 2.45) is 11.1 Å². The van der Waals surface area contributed by atoms with Crippen LogP contribution in [0.4, 0.5) is 0 Å². The summed E-state index contributed by atoms with van der Waals surface area (Å²) in [5.41, 5.74) is 6.10. The molecular formula is C7H12N2O. The zero-order valence-electron chi connectivity index (χ0n) is 5.92. The van der Waals surface area contributed by atoms with Crippen molar-refractivity contribution in [3.63, 3.8) is 0 Å². The molecule has 1 spiro atoms. The van der Waals surface area contributed by atoms with Gasteiger partial charge in [0.05, 0.1) is 0 Å².